The minimum absolute atomic E-state index is 0.277. The van der Waals surface area contributed by atoms with Crippen molar-refractivity contribution in [2.45, 2.75) is 39.5 Å². The number of nitrogens with zero attached hydrogens (tertiary/aromatic N) is 1. The lowest BCUT2D eigenvalue weighted by atomic mass is 9.93. The maximum atomic E-state index is 13.0. The molecule has 2 N–H and O–H groups in total. The number of ether oxygens (including phenoxy) is 1. The normalized spacial score (nSPS) is 14.0. The molecule has 7 heteroatoms. The van der Waals surface area contributed by atoms with Gasteiger partial charge in [0, 0.05) is 28.8 Å². The van der Waals surface area contributed by atoms with Crippen LogP contribution in [0.2, 0.25) is 0 Å². The number of hydrogen-bond acceptors (Lipinski definition) is 5. The molecule has 0 saturated carbocycles. The quantitative estimate of drug-likeness (QED) is 0.529. The number of amides is 2. The molecule has 1 heterocycles. The predicted molar refractivity (Wildman–Crippen MR) is 127 cm³/mol. The number of aryl methyl sites for hydroxylation is 2. The number of anilines is 1. The number of rotatable bonds is 6. The maximum Gasteiger partial charge on any atom is 0.291 e. The Hall–Kier alpha value is -3.87. The maximum absolute atomic E-state index is 13.0. The van der Waals surface area contributed by atoms with Crippen molar-refractivity contribution in [2.24, 2.45) is 5.10 Å². The first kappa shape index (κ1) is 22.3. The number of hydrazone groups is 1. The number of methoxy groups -OCH3 is 1. The highest BCUT2D eigenvalue weighted by atomic mass is 16.5. The summed E-state index contributed by atoms with van der Waals surface area (Å²) in [5.41, 5.74) is 7.16. The van der Waals surface area contributed by atoms with Crippen LogP contribution in [0, 0.1) is 6.92 Å². The van der Waals surface area contributed by atoms with E-state index in [9.17, 15) is 9.59 Å². The zero-order chi connectivity index (χ0) is 23.4. The molecule has 0 spiro atoms. The zero-order valence-corrected chi connectivity index (χ0v) is 19.0. The summed E-state index contributed by atoms with van der Waals surface area (Å²) in [5, 5.41) is 7.36. The average Bonchev–Trinajstić information content (AvgIpc) is 3.20. The molecule has 2 amide bonds. The monoisotopic (exact) mass is 445 g/mol. The number of fused-ring (bicyclic) bond motifs is 1. The van der Waals surface area contributed by atoms with Gasteiger partial charge in [-0.2, -0.15) is 5.10 Å². The molecule has 0 unspecified atom stereocenters. The van der Waals surface area contributed by atoms with Gasteiger partial charge in [-0.25, -0.2) is 5.43 Å². The summed E-state index contributed by atoms with van der Waals surface area (Å²) in [6.07, 6.45) is 3.05. The third kappa shape index (κ3) is 4.67. The van der Waals surface area contributed by atoms with E-state index in [0.717, 1.165) is 47.4 Å². The fraction of sp³-hybridized carbons (Fsp3) is 0.269. The summed E-state index contributed by atoms with van der Waals surface area (Å²) in [7, 11) is 1.55. The Kier molecular flexibility index (Phi) is 6.58. The smallest absolute Gasteiger partial charge is 0.291 e. The second-order valence-electron chi connectivity index (χ2n) is 7.90. The molecule has 1 aliphatic carbocycles. The highest BCUT2D eigenvalue weighted by Gasteiger charge is 2.28. The van der Waals surface area contributed by atoms with Crippen molar-refractivity contribution < 1.29 is 18.7 Å². The molecule has 0 fully saturated rings. The predicted octanol–water partition coefficient (Wildman–Crippen LogP) is 4.88. The van der Waals surface area contributed by atoms with Crippen LogP contribution in [0.3, 0.4) is 0 Å². The number of furan rings is 1. The van der Waals surface area contributed by atoms with Crippen molar-refractivity contribution in [3.05, 3.63) is 82.3 Å². The van der Waals surface area contributed by atoms with Crippen LogP contribution in [-0.2, 0) is 12.8 Å². The first-order valence-electron chi connectivity index (χ1n) is 11.0. The fourth-order valence-corrected chi connectivity index (χ4v) is 4.07. The van der Waals surface area contributed by atoms with Gasteiger partial charge in [-0.1, -0.05) is 31.2 Å². The van der Waals surface area contributed by atoms with E-state index in [2.05, 4.69) is 15.8 Å². The van der Waals surface area contributed by atoms with Gasteiger partial charge in [0.25, 0.3) is 11.8 Å². The SMILES string of the molecule is CCc1ccccc1NC(=O)c1oc2c(c1C)/C(=N/NC(=O)c1cccc(OC)c1)CCC2. The van der Waals surface area contributed by atoms with Crippen LogP contribution in [0.5, 0.6) is 5.75 Å². The second-order valence-corrected chi connectivity index (χ2v) is 7.90. The minimum Gasteiger partial charge on any atom is -0.497 e. The molecule has 0 saturated heterocycles. The van der Waals surface area contributed by atoms with Gasteiger partial charge in [0.1, 0.15) is 11.5 Å². The Morgan fingerprint density at radius 3 is 2.70 bits per heavy atom. The summed E-state index contributed by atoms with van der Waals surface area (Å²) in [5.74, 6) is 0.981. The van der Waals surface area contributed by atoms with Crippen molar-refractivity contribution in [3.8, 4) is 5.75 Å². The molecule has 0 radical (unpaired) electrons. The molecule has 0 aliphatic heterocycles. The van der Waals surface area contributed by atoms with E-state index in [4.69, 9.17) is 9.15 Å². The Balaban J connectivity index is 1.57. The van der Waals surface area contributed by atoms with Crippen LogP contribution in [0.1, 0.15) is 63.1 Å². The molecule has 0 bridgehead atoms. The highest BCUT2D eigenvalue weighted by molar-refractivity contribution is 6.09. The van der Waals surface area contributed by atoms with Gasteiger partial charge in [-0.15, -0.1) is 0 Å². The Bertz CT molecular complexity index is 1230. The molecule has 2 aromatic carbocycles. The van der Waals surface area contributed by atoms with E-state index in [1.165, 1.54) is 0 Å². The zero-order valence-electron chi connectivity index (χ0n) is 19.0. The third-order valence-electron chi connectivity index (χ3n) is 5.80. The second kappa shape index (κ2) is 9.73. The van der Waals surface area contributed by atoms with Crippen LogP contribution in [-0.4, -0.2) is 24.6 Å². The molecule has 0 atom stereocenters. The lowest BCUT2D eigenvalue weighted by Gasteiger charge is -2.13. The molecular weight excluding hydrogens is 418 g/mol. The third-order valence-corrected chi connectivity index (χ3v) is 5.80. The first-order chi connectivity index (χ1) is 16.0. The number of para-hydroxylation sites is 1. The van der Waals surface area contributed by atoms with Gasteiger partial charge >= 0.3 is 0 Å². The lowest BCUT2D eigenvalue weighted by Crippen LogP contribution is -2.22. The number of benzene rings is 2. The van der Waals surface area contributed by atoms with Crippen molar-refractivity contribution in [2.75, 3.05) is 12.4 Å². The standard InChI is InChI=1S/C26H27N3O4/c1-4-17-9-5-6-12-20(17)27-26(31)24-16(2)23-21(13-8-14-22(23)33-24)28-29-25(30)18-10-7-11-19(15-18)32-3/h5-7,9-12,15H,4,8,13-14H2,1-3H3,(H,27,31)(H,29,30)/b28-21+. The van der Waals surface area contributed by atoms with Crippen LogP contribution in [0.25, 0.3) is 0 Å². The van der Waals surface area contributed by atoms with Crippen LogP contribution in [0.15, 0.2) is 58.0 Å². The number of hydrogen-bond donors (Lipinski definition) is 2. The summed E-state index contributed by atoms with van der Waals surface area (Å²) >= 11 is 0. The average molecular weight is 446 g/mol. The largest absolute Gasteiger partial charge is 0.497 e. The van der Waals surface area contributed by atoms with E-state index in [1.807, 2.05) is 38.1 Å². The van der Waals surface area contributed by atoms with Gasteiger partial charge < -0.3 is 14.5 Å². The summed E-state index contributed by atoms with van der Waals surface area (Å²) < 4.78 is 11.2. The Morgan fingerprint density at radius 1 is 1.09 bits per heavy atom. The van der Waals surface area contributed by atoms with Gasteiger partial charge in [-0.3, -0.25) is 9.59 Å². The number of carbonyl (C=O) groups excluding carboxylic acids is 2. The summed E-state index contributed by atoms with van der Waals surface area (Å²) in [6.45, 7) is 3.90. The molecule has 4 rings (SSSR count). The van der Waals surface area contributed by atoms with E-state index < -0.39 is 0 Å². The first-order valence-corrected chi connectivity index (χ1v) is 11.0. The fourth-order valence-electron chi connectivity index (χ4n) is 4.07. The topological polar surface area (TPSA) is 92.9 Å². The summed E-state index contributed by atoms with van der Waals surface area (Å²) in [4.78, 5) is 25.6. The van der Waals surface area contributed by atoms with Gasteiger partial charge in [0.2, 0.25) is 0 Å². The van der Waals surface area contributed by atoms with E-state index in [-0.39, 0.29) is 17.6 Å². The Labute approximate surface area is 192 Å². The van der Waals surface area contributed by atoms with Gasteiger partial charge in [0.05, 0.1) is 12.8 Å². The molecule has 1 aliphatic rings. The van der Waals surface area contributed by atoms with E-state index >= 15 is 0 Å². The van der Waals surface area contributed by atoms with Crippen molar-refractivity contribution in [1.29, 1.82) is 0 Å². The van der Waals surface area contributed by atoms with E-state index in [0.29, 0.717) is 23.4 Å². The molecule has 7 nitrogen and oxygen atoms in total. The minimum atomic E-state index is -0.330. The highest BCUT2D eigenvalue weighted by Crippen LogP contribution is 2.30. The van der Waals surface area contributed by atoms with Gasteiger partial charge in [-0.05, 0) is 56.0 Å². The van der Waals surface area contributed by atoms with Crippen LogP contribution in [0.4, 0.5) is 5.69 Å². The number of nitrogens with one attached hydrogen (secondary N) is 2. The molecule has 170 valence electrons. The lowest BCUT2D eigenvalue weighted by molar-refractivity contribution is 0.0953. The molecular formula is C26H27N3O4. The number of carbonyl (C=O) groups is 2. The molecule has 3 aromatic rings. The molecule has 33 heavy (non-hydrogen) atoms. The Morgan fingerprint density at radius 2 is 1.91 bits per heavy atom. The van der Waals surface area contributed by atoms with Crippen LogP contribution >= 0.6 is 0 Å². The van der Waals surface area contributed by atoms with Crippen LogP contribution < -0.4 is 15.5 Å². The van der Waals surface area contributed by atoms with Crippen molar-refractivity contribution >= 4 is 23.2 Å². The summed E-state index contributed by atoms with van der Waals surface area (Å²) in [6, 6.07) is 14.6. The van der Waals surface area contributed by atoms with Gasteiger partial charge in [0.15, 0.2) is 5.76 Å². The molecule has 1 aromatic heterocycles. The van der Waals surface area contributed by atoms with Crippen molar-refractivity contribution in [1.82, 2.24) is 5.43 Å². The van der Waals surface area contributed by atoms with Crippen molar-refractivity contribution in [3.63, 3.8) is 0 Å². The van der Waals surface area contributed by atoms with E-state index in [1.54, 1.807) is 31.4 Å².